The number of nitrogens with one attached hydrogen (secondary N) is 1. The summed E-state index contributed by atoms with van der Waals surface area (Å²) in [5.41, 5.74) is 4.22. The number of rotatable bonds is 2. The van der Waals surface area contributed by atoms with Crippen molar-refractivity contribution < 1.29 is 14.3 Å². The van der Waals surface area contributed by atoms with E-state index in [1.807, 2.05) is 50.2 Å². The highest BCUT2D eigenvalue weighted by Gasteiger charge is 2.31. The number of amides is 1. The minimum Gasteiger partial charge on any atom is -0.448 e. The van der Waals surface area contributed by atoms with Gasteiger partial charge >= 0.3 is 5.97 Å². The van der Waals surface area contributed by atoms with Crippen LogP contribution in [-0.2, 0) is 16.0 Å². The van der Waals surface area contributed by atoms with E-state index in [-0.39, 0.29) is 5.91 Å². The van der Waals surface area contributed by atoms with Gasteiger partial charge in [-0.25, -0.2) is 4.79 Å². The largest absolute Gasteiger partial charge is 0.448 e. The number of aryl methyl sites for hydroxylation is 2. The topological polar surface area (TPSA) is 55.4 Å². The van der Waals surface area contributed by atoms with Gasteiger partial charge in [-0.15, -0.1) is 0 Å². The summed E-state index contributed by atoms with van der Waals surface area (Å²) < 4.78 is 5.27. The van der Waals surface area contributed by atoms with Gasteiger partial charge in [0.1, 0.15) is 0 Å². The van der Waals surface area contributed by atoms with Gasteiger partial charge in [-0.05, 0) is 37.6 Å². The van der Waals surface area contributed by atoms with Crippen LogP contribution >= 0.6 is 0 Å². The fraction of sp³-hybridized carbons (Fsp3) is 0.222. The number of cyclic esters (lactones) is 1. The summed E-state index contributed by atoms with van der Waals surface area (Å²) in [5.74, 6) is -0.738. The highest BCUT2D eigenvalue weighted by molar-refractivity contribution is 6.00. The molecule has 0 aromatic heterocycles. The number of hydrogen-bond donors (Lipinski definition) is 1. The van der Waals surface area contributed by atoms with Gasteiger partial charge in [0.2, 0.25) is 0 Å². The zero-order valence-electron chi connectivity index (χ0n) is 12.6. The monoisotopic (exact) mass is 295 g/mol. The molecule has 0 fully saturated rings. The third kappa shape index (κ3) is 2.86. The Morgan fingerprint density at radius 3 is 2.50 bits per heavy atom. The van der Waals surface area contributed by atoms with Crippen LogP contribution in [0.2, 0.25) is 0 Å². The molecule has 3 rings (SSSR count). The predicted octanol–water partition coefficient (Wildman–Crippen LogP) is 3.02. The van der Waals surface area contributed by atoms with Crippen molar-refractivity contribution in [3.05, 3.63) is 64.7 Å². The molecule has 0 saturated heterocycles. The second kappa shape index (κ2) is 5.64. The van der Waals surface area contributed by atoms with Crippen LogP contribution in [0.15, 0.2) is 42.5 Å². The number of ether oxygens (including phenoxy) is 1. The van der Waals surface area contributed by atoms with Crippen LogP contribution in [0.5, 0.6) is 0 Å². The van der Waals surface area contributed by atoms with Crippen LogP contribution < -0.4 is 5.32 Å². The molecule has 1 aliphatic heterocycles. The molecule has 1 aliphatic rings. The molecule has 0 aliphatic carbocycles. The Morgan fingerprint density at radius 1 is 1.09 bits per heavy atom. The van der Waals surface area contributed by atoms with Gasteiger partial charge in [0.25, 0.3) is 5.91 Å². The van der Waals surface area contributed by atoms with E-state index in [9.17, 15) is 9.59 Å². The quantitative estimate of drug-likeness (QED) is 0.866. The Morgan fingerprint density at radius 2 is 1.77 bits per heavy atom. The summed E-state index contributed by atoms with van der Waals surface area (Å²) in [6.45, 7) is 3.90. The molecule has 2 aromatic carbocycles. The van der Waals surface area contributed by atoms with Crippen LogP contribution in [0, 0.1) is 13.8 Å². The molecule has 0 spiro atoms. The van der Waals surface area contributed by atoms with Crippen molar-refractivity contribution in [2.75, 3.05) is 5.32 Å². The molecule has 1 heterocycles. The lowest BCUT2D eigenvalue weighted by atomic mass is 9.96. The highest BCUT2D eigenvalue weighted by atomic mass is 16.5. The molecular weight excluding hydrogens is 278 g/mol. The third-order valence-electron chi connectivity index (χ3n) is 3.75. The zero-order valence-corrected chi connectivity index (χ0v) is 12.6. The van der Waals surface area contributed by atoms with Gasteiger partial charge in [0, 0.05) is 12.1 Å². The average molecular weight is 295 g/mol. The maximum Gasteiger partial charge on any atom is 0.339 e. The van der Waals surface area contributed by atoms with Crippen LogP contribution in [-0.4, -0.2) is 18.0 Å². The van der Waals surface area contributed by atoms with E-state index >= 15 is 0 Å². The van der Waals surface area contributed by atoms with E-state index in [0.29, 0.717) is 17.7 Å². The first-order valence-electron chi connectivity index (χ1n) is 7.21. The SMILES string of the molecule is Cc1ccc(NC(=O)C2Cc3ccc(C)cc3C(=O)O2)cc1. The van der Waals surface area contributed by atoms with Crippen LogP contribution in [0.1, 0.15) is 27.0 Å². The van der Waals surface area contributed by atoms with E-state index in [4.69, 9.17) is 4.74 Å². The molecule has 1 unspecified atom stereocenters. The Hall–Kier alpha value is -2.62. The number of carbonyl (C=O) groups is 2. The number of benzene rings is 2. The molecule has 2 aromatic rings. The Balaban J connectivity index is 1.76. The standard InChI is InChI=1S/C18H17NO3/c1-11-4-7-14(8-5-11)19-17(20)16-10-13-6-3-12(2)9-15(13)18(21)22-16/h3-9,16H,10H2,1-2H3,(H,19,20). The normalized spacial score (nSPS) is 16.6. The molecule has 1 amide bonds. The average Bonchev–Trinajstić information content (AvgIpc) is 2.50. The second-order valence-corrected chi connectivity index (χ2v) is 5.61. The first kappa shape index (κ1) is 14.3. The van der Waals surface area contributed by atoms with Crippen molar-refractivity contribution in [2.24, 2.45) is 0 Å². The molecule has 112 valence electrons. The van der Waals surface area contributed by atoms with E-state index in [2.05, 4.69) is 5.32 Å². The summed E-state index contributed by atoms with van der Waals surface area (Å²) >= 11 is 0. The van der Waals surface area contributed by atoms with Crippen molar-refractivity contribution >= 4 is 17.6 Å². The highest BCUT2D eigenvalue weighted by Crippen LogP contribution is 2.23. The predicted molar refractivity (Wildman–Crippen MR) is 83.9 cm³/mol. The van der Waals surface area contributed by atoms with Crippen molar-refractivity contribution in [1.29, 1.82) is 0 Å². The van der Waals surface area contributed by atoms with E-state index in [1.165, 1.54) is 0 Å². The van der Waals surface area contributed by atoms with Gasteiger partial charge in [-0.1, -0.05) is 35.4 Å². The number of carbonyl (C=O) groups excluding carboxylic acids is 2. The van der Waals surface area contributed by atoms with Gasteiger partial charge in [0.05, 0.1) is 5.56 Å². The Bertz CT molecular complexity index is 734. The molecular formula is C18H17NO3. The Kier molecular flexibility index (Phi) is 3.67. The maximum atomic E-state index is 12.3. The summed E-state index contributed by atoms with van der Waals surface area (Å²) in [6.07, 6.45) is -0.386. The molecule has 4 nitrogen and oxygen atoms in total. The molecule has 1 atom stereocenters. The smallest absolute Gasteiger partial charge is 0.339 e. The molecule has 4 heteroatoms. The molecule has 22 heavy (non-hydrogen) atoms. The maximum absolute atomic E-state index is 12.3. The zero-order chi connectivity index (χ0) is 15.7. The number of anilines is 1. The van der Waals surface area contributed by atoms with Crippen molar-refractivity contribution in [2.45, 2.75) is 26.4 Å². The van der Waals surface area contributed by atoms with Gasteiger partial charge in [-0.2, -0.15) is 0 Å². The molecule has 0 saturated carbocycles. The summed E-state index contributed by atoms with van der Waals surface area (Å²) in [6, 6.07) is 13.1. The minimum absolute atomic E-state index is 0.302. The first-order chi connectivity index (χ1) is 10.5. The summed E-state index contributed by atoms with van der Waals surface area (Å²) in [7, 11) is 0. The summed E-state index contributed by atoms with van der Waals surface area (Å²) in [4.78, 5) is 24.3. The van der Waals surface area contributed by atoms with Crippen LogP contribution in [0.4, 0.5) is 5.69 Å². The Labute approximate surface area is 129 Å². The van der Waals surface area contributed by atoms with Crippen molar-refractivity contribution in [3.8, 4) is 0 Å². The third-order valence-corrected chi connectivity index (χ3v) is 3.75. The fourth-order valence-corrected chi connectivity index (χ4v) is 2.50. The minimum atomic E-state index is -0.788. The van der Waals surface area contributed by atoms with E-state index < -0.39 is 12.1 Å². The first-order valence-corrected chi connectivity index (χ1v) is 7.21. The van der Waals surface area contributed by atoms with Crippen LogP contribution in [0.25, 0.3) is 0 Å². The summed E-state index contributed by atoms with van der Waals surface area (Å²) in [5, 5.41) is 2.79. The molecule has 0 bridgehead atoms. The number of fused-ring (bicyclic) bond motifs is 1. The lowest BCUT2D eigenvalue weighted by molar-refractivity contribution is -0.125. The van der Waals surface area contributed by atoms with Gasteiger partial charge in [-0.3, -0.25) is 4.79 Å². The number of esters is 1. The molecule has 1 N–H and O–H groups in total. The van der Waals surface area contributed by atoms with E-state index in [0.717, 1.165) is 16.7 Å². The van der Waals surface area contributed by atoms with E-state index in [1.54, 1.807) is 6.07 Å². The van der Waals surface area contributed by atoms with Gasteiger partial charge < -0.3 is 10.1 Å². The number of hydrogen-bond acceptors (Lipinski definition) is 3. The lowest BCUT2D eigenvalue weighted by Crippen LogP contribution is -2.38. The molecule has 0 radical (unpaired) electrons. The van der Waals surface area contributed by atoms with Crippen molar-refractivity contribution in [3.63, 3.8) is 0 Å². The van der Waals surface area contributed by atoms with Gasteiger partial charge in [0.15, 0.2) is 6.10 Å². The fourth-order valence-electron chi connectivity index (χ4n) is 2.50. The van der Waals surface area contributed by atoms with Crippen molar-refractivity contribution in [1.82, 2.24) is 0 Å². The second-order valence-electron chi connectivity index (χ2n) is 5.61. The lowest BCUT2D eigenvalue weighted by Gasteiger charge is -2.24. The van der Waals surface area contributed by atoms with Crippen LogP contribution in [0.3, 0.4) is 0 Å².